The van der Waals surface area contributed by atoms with Crippen LogP contribution in [0.15, 0.2) is 36.7 Å². The summed E-state index contributed by atoms with van der Waals surface area (Å²) in [5.74, 6) is 1.25. The fourth-order valence-corrected chi connectivity index (χ4v) is 1.70. The van der Waals surface area contributed by atoms with Crippen molar-refractivity contribution < 1.29 is 4.92 Å². The number of hydrogen-bond donors (Lipinski definition) is 0. The maximum absolute atomic E-state index is 10.6. The molecule has 0 aliphatic rings. The van der Waals surface area contributed by atoms with Crippen molar-refractivity contribution in [1.82, 2.24) is 9.55 Å². The molecule has 1 heterocycles. The summed E-state index contributed by atoms with van der Waals surface area (Å²) < 4.78 is 1.94. The molecule has 5 nitrogen and oxygen atoms in total. The van der Waals surface area contributed by atoms with E-state index in [0.717, 1.165) is 11.5 Å². The Morgan fingerprint density at radius 3 is 2.47 bits per heavy atom. The van der Waals surface area contributed by atoms with Gasteiger partial charge in [-0.25, -0.2) is 4.98 Å². The number of nitro benzene ring substituents is 1. The zero-order valence-electron chi connectivity index (χ0n) is 9.70. The summed E-state index contributed by atoms with van der Waals surface area (Å²) in [6, 6.07) is 6.45. The highest BCUT2D eigenvalue weighted by Gasteiger charge is 2.10. The van der Waals surface area contributed by atoms with E-state index in [2.05, 4.69) is 18.8 Å². The van der Waals surface area contributed by atoms with Gasteiger partial charge in [-0.1, -0.05) is 13.8 Å². The second kappa shape index (κ2) is 4.37. The molecule has 0 spiro atoms. The lowest BCUT2D eigenvalue weighted by Crippen LogP contribution is -2.02. The topological polar surface area (TPSA) is 61.0 Å². The third kappa shape index (κ3) is 2.18. The second-order valence-corrected chi connectivity index (χ2v) is 4.08. The fraction of sp³-hybridized carbons (Fsp3) is 0.250. The minimum absolute atomic E-state index is 0.0972. The van der Waals surface area contributed by atoms with Crippen molar-refractivity contribution in [1.29, 1.82) is 0 Å². The number of aromatic nitrogens is 2. The van der Waals surface area contributed by atoms with Crippen LogP contribution in [0.1, 0.15) is 25.6 Å². The molecule has 0 aliphatic carbocycles. The molecular formula is C12H13N3O2. The smallest absolute Gasteiger partial charge is 0.269 e. The van der Waals surface area contributed by atoms with Crippen molar-refractivity contribution in [2.45, 2.75) is 19.8 Å². The average Bonchev–Trinajstić information content (AvgIpc) is 2.78. The number of benzene rings is 1. The second-order valence-electron chi connectivity index (χ2n) is 4.08. The summed E-state index contributed by atoms with van der Waals surface area (Å²) in [7, 11) is 0. The summed E-state index contributed by atoms with van der Waals surface area (Å²) in [5, 5.41) is 10.6. The van der Waals surface area contributed by atoms with E-state index in [4.69, 9.17) is 0 Å². The molecule has 1 aromatic heterocycles. The number of imidazole rings is 1. The third-order valence-electron chi connectivity index (χ3n) is 2.52. The summed E-state index contributed by atoms with van der Waals surface area (Å²) >= 11 is 0. The number of hydrogen-bond acceptors (Lipinski definition) is 3. The van der Waals surface area contributed by atoms with Crippen molar-refractivity contribution in [2.24, 2.45) is 0 Å². The summed E-state index contributed by atoms with van der Waals surface area (Å²) in [6.45, 7) is 4.12. The highest BCUT2D eigenvalue weighted by atomic mass is 16.6. The zero-order chi connectivity index (χ0) is 12.4. The fourth-order valence-electron chi connectivity index (χ4n) is 1.70. The van der Waals surface area contributed by atoms with Gasteiger partial charge in [0.2, 0.25) is 0 Å². The molecule has 0 fully saturated rings. The van der Waals surface area contributed by atoms with Crippen LogP contribution in [0, 0.1) is 10.1 Å². The van der Waals surface area contributed by atoms with E-state index in [9.17, 15) is 10.1 Å². The Morgan fingerprint density at radius 1 is 1.29 bits per heavy atom. The molecule has 0 N–H and O–H groups in total. The molecule has 0 bridgehead atoms. The molecule has 2 rings (SSSR count). The van der Waals surface area contributed by atoms with Gasteiger partial charge in [-0.3, -0.25) is 10.1 Å². The Bertz CT molecular complexity index is 529. The van der Waals surface area contributed by atoms with E-state index in [1.165, 1.54) is 12.1 Å². The molecule has 0 radical (unpaired) electrons. The van der Waals surface area contributed by atoms with Crippen LogP contribution >= 0.6 is 0 Å². The first-order valence-electron chi connectivity index (χ1n) is 5.37. The number of rotatable bonds is 3. The molecule has 0 atom stereocenters. The van der Waals surface area contributed by atoms with Crippen LogP contribution in [-0.2, 0) is 0 Å². The van der Waals surface area contributed by atoms with Crippen molar-refractivity contribution in [3.8, 4) is 5.69 Å². The molecule has 5 heteroatoms. The van der Waals surface area contributed by atoms with Gasteiger partial charge in [0.1, 0.15) is 5.82 Å². The number of non-ortho nitro benzene ring substituents is 1. The van der Waals surface area contributed by atoms with E-state index in [-0.39, 0.29) is 5.69 Å². The standard InChI is InChI=1S/C12H13N3O2/c1-9(2)12-13-7-8-14(12)10-3-5-11(6-4-10)15(16)17/h3-9H,1-2H3. The molecule has 0 saturated carbocycles. The molecule has 0 saturated heterocycles. The highest BCUT2D eigenvalue weighted by Crippen LogP contribution is 2.19. The van der Waals surface area contributed by atoms with Crippen LogP contribution in [-0.4, -0.2) is 14.5 Å². The van der Waals surface area contributed by atoms with E-state index in [1.54, 1.807) is 18.3 Å². The van der Waals surface area contributed by atoms with E-state index in [0.29, 0.717) is 5.92 Å². The molecule has 1 aromatic carbocycles. The molecule has 0 unspecified atom stereocenters. The molecular weight excluding hydrogens is 218 g/mol. The lowest BCUT2D eigenvalue weighted by molar-refractivity contribution is -0.384. The maximum Gasteiger partial charge on any atom is 0.269 e. The van der Waals surface area contributed by atoms with Crippen molar-refractivity contribution in [2.75, 3.05) is 0 Å². The third-order valence-corrected chi connectivity index (χ3v) is 2.52. The Balaban J connectivity index is 2.40. The van der Waals surface area contributed by atoms with Crippen LogP contribution in [0.2, 0.25) is 0 Å². The Hall–Kier alpha value is -2.17. The van der Waals surface area contributed by atoms with Gasteiger partial charge in [-0.05, 0) is 12.1 Å². The van der Waals surface area contributed by atoms with Gasteiger partial charge in [-0.15, -0.1) is 0 Å². The molecule has 0 amide bonds. The van der Waals surface area contributed by atoms with Gasteiger partial charge in [0.05, 0.1) is 4.92 Å². The first-order valence-corrected chi connectivity index (χ1v) is 5.37. The summed E-state index contributed by atoms with van der Waals surface area (Å²) in [5.41, 5.74) is 0.983. The Kier molecular flexibility index (Phi) is 2.91. The normalized spacial score (nSPS) is 10.8. The van der Waals surface area contributed by atoms with Crippen LogP contribution in [0.3, 0.4) is 0 Å². The number of nitro groups is 1. The monoisotopic (exact) mass is 231 g/mol. The van der Waals surface area contributed by atoms with Gasteiger partial charge < -0.3 is 4.57 Å². The van der Waals surface area contributed by atoms with Crippen molar-refractivity contribution >= 4 is 5.69 Å². The number of nitrogens with zero attached hydrogens (tertiary/aromatic N) is 3. The largest absolute Gasteiger partial charge is 0.304 e. The lowest BCUT2D eigenvalue weighted by atomic mass is 10.2. The quantitative estimate of drug-likeness (QED) is 0.602. The van der Waals surface area contributed by atoms with Crippen LogP contribution in [0.25, 0.3) is 5.69 Å². The molecule has 2 aromatic rings. The minimum atomic E-state index is -0.402. The van der Waals surface area contributed by atoms with Crippen molar-refractivity contribution in [3.05, 3.63) is 52.6 Å². The van der Waals surface area contributed by atoms with Gasteiger partial charge in [0.15, 0.2) is 0 Å². The predicted octanol–water partition coefficient (Wildman–Crippen LogP) is 2.90. The molecule has 0 aliphatic heterocycles. The van der Waals surface area contributed by atoms with Gasteiger partial charge in [-0.2, -0.15) is 0 Å². The Labute approximate surface area is 98.9 Å². The van der Waals surface area contributed by atoms with Gasteiger partial charge in [0, 0.05) is 36.1 Å². The summed E-state index contributed by atoms with van der Waals surface area (Å²) in [6.07, 6.45) is 3.59. The lowest BCUT2D eigenvalue weighted by Gasteiger charge is -2.09. The zero-order valence-corrected chi connectivity index (χ0v) is 9.70. The first kappa shape index (κ1) is 11.3. The summed E-state index contributed by atoms with van der Waals surface area (Å²) in [4.78, 5) is 14.4. The van der Waals surface area contributed by atoms with E-state index >= 15 is 0 Å². The van der Waals surface area contributed by atoms with Gasteiger partial charge in [0.25, 0.3) is 5.69 Å². The van der Waals surface area contributed by atoms with Crippen molar-refractivity contribution in [3.63, 3.8) is 0 Å². The highest BCUT2D eigenvalue weighted by molar-refractivity contribution is 5.41. The van der Waals surface area contributed by atoms with Crippen LogP contribution in [0.5, 0.6) is 0 Å². The van der Waals surface area contributed by atoms with Gasteiger partial charge >= 0.3 is 0 Å². The average molecular weight is 231 g/mol. The SMILES string of the molecule is CC(C)c1nccn1-c1ccc([N+](=O)[O-])cc1. The molecule has 17 heavy (non-hydrogen) atoms. The van der Waals surface area contributed by atoms with Crippen LogP contribution in [0.4, 0.5) is 5.69 Å². The Morgan fingerprint density at radius 2 is 1.94 bits per heavy atom. The van der Waals surface area contributed by atoms with Crippen LogP contribution < -0.4 is 0 Å². The van der Waals surface area contributed by atoms with E-state index in [1.807, 2.05) is 10.8 Å². The molecule has 88 valence electrons. The minimum Gasteiger partial charge on any atom is -0.304 e. The predicted molar refractivity (Wildman–Crippen MR) is 64.3 cm³/mol. The van der Waals surface area contributed by atoms with E-state index < -0.39 is 4.92 Å². The first-order chi connectivity index (χ1) is 8.09. The maximum atomic E-state index is 10.6.